The third-order valence-electron chi connectivity index (χ3n) is 4.58. The van der Waals surface area contributed by atoms with E-state index >= 15 is 0 Å². The van der Waals surface area contributed by atoms with Gasteiger partial charge in [0, 0.05) is 25.4 Å². The van der Waals surface area contributed by atoms with Gasteiger partial charge in [0.2, 0.25) is 5.91 Å². The van der Waals surface area contributed by atoms with E-state index in [0.29, 0.717) is 25.7 Å². The van der Waals surface area contributed by atoms with Crippen molar-refractivity contribution in [2.24, 2.45) is 0 Å². The molecule has 1 spiro atoms. The molecule has 2 aliphatic rings. The first kappa shape index (κ1) is 16.7. The number of hydrogen-bond acceptors (Lipinski definition) is 4. The first-order valence-electron chi connectivity index (χ1n) is 8.29. The molecule has 0 aromatic carbocycles. The summed E-state index contributed by atoms with van der Waals surface area (Å²) in [6.45, 7) is 5.73. The van der Waals surface area contributed by atoms with Crippen molar-refractivity contribution < 1.29 is 14.3 Å². The van der Waals surface area contributed by atoms with Crippen molar-refractivity contribution >= 4 is 5.91 Å². The zero-order valence-corrected chi connectivity index (χ0v) is 13.7. The van der Waals surface area contributed by atoms with Crippen molar-refractivity contribution in [2.45, 2.75) is 70.3 Å². The quantitative estimate of drug-likeness (QED) is 0.842. The molecule has 1 N–H and O–H groups in total. The van der Waals surface area contributed by atoms with Crippen molar-refractivity contribution in [1.82, 2.24) is 10.2 Å². The number of rotatable bonds is 5. The van der Waals surface area contributed by atoms with Gasteiger partial charge in [0.1, 0.15) is 6.10 Å². The van der Waals surface area contributed by atoms with Gasteiger partial charge in [-0.2, -0.15) is 0 Å². The van der Waals surface area contributed by atoms with Gasteiger partial charge in [-0.1, -0.05) is 12.8 Å². The lowest BCUT2D eigenvalue weighted by atomic mass is 10.1. The molecule has 5 heteroatoms. The summed E-state index contributed by atoms with van der Waals surface area (Å²) in [6.07, 6.45) is 6.89. The second-order valence-electron chi connectivity index (χ2n) is 6.69. The lowest BCUT2D eigenvalue weighted by Gasteiger charge is -2.26. The van der Waals surface area contributed by atoms with E-state index in [9.17, 15) is 4.79 Å². The standard InChI is InChI=1S/C16H30N2O3/c1-13(2)18(3)11-15(19)17-10-14-12-20-16(21-14)8-6-4-5-7-9-16/h13-14H,4-12H2,1-3H3,(H,17,19)/t14-/m0/s1. The third-order valence-corrected chi connectivity index (χ3v) is 4.58. The van der Waals surface area contributed by atoms with Crippen LogP contribution >= 0.6 is 0 Å². The highest BCUT2D eigenvalue weighted by Gasteiger charge is 2.41. The summed E-state index contributed by atoms with van der Waals surface area (Å²) in [4.78, 5) is 13.9. The molecule has 1 heterocycles. The monoisotopic (exact) mass is 298 g/mol. The SMILES string of the molecule is CC(C)N(C)CC(=O)NC[C@H]1COC2(CCCCCC2)O1. The second kappa shape index (κ2) is 7.56. The Bertz CT molecular complexity index is 338. The maximum atomic E-state index is 11.9. The number of nitrogens with one attached hydrogen (secondary N) is 1. The Balaban J connectivity index is 1.71. The number of carbonyl (C=O) groups is 1. The second-order valence-corrected chi connectivity index (χ2v) is 6.69. The molecule has 2 fully saturated rings. The van der Waals surface area contributed by atoms with Crippen LogP contribution in [0.3, 0.4) is 0 Å². The Morgan fingerprint density at radius 2 is 1.95 bits per heavy atom. The average Bonchev–Trinajstić information content (AvgIpc) is 2.68. The van der Waals surface area contributed by atoms with E-state index < -0.39 is 0 Å². The highest BCUT2D eigenvalue weighted by Crippen LogP contribution is 2.36. The van der Waals surface area contributed by atoms with E-state index in [0.717, 1.165) is 12.8 Å². The molecule has 1 aliphatic carbocycles. The molecule has 1 amide bonds. The van der Waals surface area contributed by atoms with Crippen LogP contribution in [0.2, 0.25) is 0 Å². The smallest absolute Gasteiger partial charge is 0.234 e. The highest BCUT2D eigenvalue weighted by molar-refractivity contribution is 5.78. The number of nitrogens with zero attached hydrogens (tertiary/aromatic N) is 1. The normalized spacial score (nSPS) is 25.5. The maximum Gasteiger partial charge on any atom is 0.234 e. The molecule has 0 aromatic rings. The van der Waals surface area contributed by atoms with E-state index in [4.69, 9.17) is 9.47 Å². The van der Waals surface area contributed by atoms with Crippen molar-refractivity contribution in [1.29, 1.82) is 0 Å². The van der Waals surface area contributed by atoms with Gasteiger partial charge in [-0.3, -0.25) is 9.69 Å². The summed E-state index contributed by atoms with van der Waals surface area (Å²) < 4.78 is 12.1. The molecule has 0 bridgehead atoms. The fourth-order valence-electron chi connectivity index (χ4n) is 2.94. The van der Waals surface area contributed by atoms with Crippen molar-refractivity contribution in [2.75, 3.05) is 26.7 Å². The summed E-state index contributed by atoms with van der Waals surface area (Å²) in [5, 5.41) is 2.96. The largest absolute Gasteiger partial charge is 0.352 e. The van der Waals surface area contributed by atoms with Crippen LogP contribution in [-0.4, -0.2) is 55.5 Å². The molecule has 5 nitrogen and oxygen atoms in total. The van der Waals surface area contributed by atoms with Crippen LogP contribution in [0, 0.1) is 0 Å². The van der Waals surface area contributed by atoms with Crippen LogP contribution in [0.15, 0.2) is 0 Å². The first-order chi connectivity index (χ1) is 10.0. The van der Waals surface area contributed by atoms with Crippen LogP contribution in [0.1, 0.15) is 52.4 Å². The van der Waals surface area contributed by atoms with Crippen LogP contribution in [0.25, 0.3) is 0 Å². The summed E-state index contributed by atoms with van der Waals surface area (Å²) in [5.41, 5.74) is 0. The minimum atomic E-state index is -0.360. The predicted octanol–water partition coefficient (Wildman–Crippen LogP) is 1.91. The Kier molecular flexibility index (Phi) is 6.02. The van der Waals surface area contributed by atoms with Crippen LogP contribution in [0.4, 0.5) is 0 Å². The molecule has 0 aromatic heterocycles. The fourth-order valence-corrected chi connectivity index (χ4v) is 2.94. The zero-order chi connectivity index (χ0) is 15.3. The van der Waals surface area contributed by atoms with Gasteiger partial charge in [-0.15, -0.1) is 0 Å². The Labute approximate surface area is 128 Å². The van der Waals surface area contributed by atoms with Crippen LogP contribution in [-0.2, 0) is 14.3 Å². The van der Waals surface area contributed by atoms with Gasteiger partial charge >= 0.3 is 0 Å². The lowest BCUT2D eigenvalue weighted by Crippen LogP contribution is -2.42. The molecule has 1 aliphatic heterocycles. The molecular formula is C16H30N2O3. The fraction of sp³-hybridized carbons (Fsp3) is 0.938. The summed E-state index contributed by atoms with van der Waals surface area (Å²) in [6, 6.07) is 0.371. The van der Waals surface area contributed by atoms with Gasteiger partial charge in [0.15, 0.2) is 5.79 Å². The minimum absolute atomic E-state index is 0.00333. The predicted molar refractivity (Wildman–Crippen MR) is 82.0 cm³/mol. The zero-order valence-electron chi connectivity index (χ0n) is 13.7. The highest BCUT2D eigenvalue weighted by atomic mass is 16.7. The number of carbonyl (C=O) groups excluding carboxylic acids is 1. The van der Waals surface area contributed by atoms with Gasteiger partial charge in [-0.05, 0) is 33.7 Å². The van der Waals surface area contributed by atoms with Crippen LogP contribution in [0.5, 0.6) is 0 Å². The van der Waals surface area contributed by atoms with Crippen LogP contribution < -0.4 is 5.32 Å². The third kappa shape index (κ3) is 4.94. The molecule has 21 heavy (non-hydrogen) atoms. The number of ether oxygens (including phenoxy) is 2. The molecule has 2 rings (SSSR count). The van der Waals surface area contributed by atoms with Crippen molar-refractivity contribution in [3.05, 3.63) is 0 Å². The van der Waals surface area contributed by atoms with Gasteiger partial charge < -0.3 is 14.8 Å². The maximum absolute atomic E-state index is 11.9. The topological polar surface area (TPSA) is 50.8 Å². The molecular weight excluding hydrogens is 268 g/mol. The summed E-state index contributed by atoms with van der Waals surface area (Å²) in [7, 11) is 1.96. The molecule has 1 saturated carbocycles. The van der Waals surface area contributed by atoms with E-state index in [-0.39, 0.29) is 17.8 Å². The molecule has 1 atom stereocenters. The Morgan fingerprint density at radius 1 is 1.29 bits per heavy atom. The van der Waals surface area contributed by atoms with Gasteiger partial charge in [0.25, 0.3) is 0 Å². The van der Waals surface area contributed by atoms with E-state index in [1.54, 1.807) is 0 Å². The summed E-state index contributed by atoms with van der Waals surface area (Å²) >= 11 is 0. The molecule has 122 valence electrons. The van der Waals surface area contributed by atoms with Crippen molar-refractivity contribution in [3.63, 3.8) is 0 Å². The van der Waals surface area contributed by atoms with E-state index in [1.165, 1.54) is 25.7 Å². The van der Waals surface area contributed by atoms with E-state index in [1.807, 2.05) is 11.9 Å². The van der Waals surface area contributed by atoms with Crippen molar-refractivity contribution in [3.8, 4) is 0 Å². The molecule has 0 radical (unpaired) electrons. The molecule has 0 unspecified atom stereocenters. The van der Waals surface area contributed by atoms with Gasteiger partial charge in [0.05, 0.1) is 13.2 Å². The molecule has 1 saturated heterocycles. The van der Waals surface area contributed by atoms with E-state index in [2.05, 4.69) is 19.2 Å². The number of amides is 1. The van der Waals surface area contributed by atoms with Gasteiger partial charge in [-0.25, -0.2) is 0 Å². The Hall–Kier alpha value is -0.650. The summed E-state index contributed by atoms with van der Waals surface area (Å²) in [5.74, 6) is -0.308. The Morgan fingerprint density at radius 3 is 2.57 bits per heavy atom. The minimum Gasteiger partial charge on any atom is -0.352 e. The number of likely N-dealkylation sites (N-methyl/N-ethyl adjacent to an activating group) is 1. The lowest BCUT2D eigenvalue weighted by molar-refractivity contribution is -0.175. The number of hydrogen-bond donors (Lipinski definition) is 1. The first-order valence-corrected chi connectivity index (χ1v) is 8.29. The average molecular weight is 298 g/mol.